The fourth-order valence-electron chi connectivity index (χ4n) is 2.64. The molecule has 0 aromatic rings. The maximum Gasteiger partial charge on any atom is 0.437 e. The van der Waals surface area contributed by atoms with Crippen LogP contribution in [0.3, 0.4) is 0 Å². The number of halogens is 18. The van der Waals surface area contributed by atoms with E-state index in [1.807, 2.05) is 0 Å². The topological polar surface area (TPSA) is 18.5 Å². The van der Waals surface area contributed by atoms with Gasteiger partial charge in [-0.1, -0.05) is 0 Å². The van der Waals surface area contributed by atoms with Crippen LogP contribution in [0.1, 0.15) is 0 Å². The number of rotatable bonds is 3. The molecule has 0 spiro atoms. The van der Waals surface area contributed by atoms with Crippen LogP contribution < -0.4 is 0 Å². The summed E-state index contributed by atoms with van der Waals surface area (Å²) in [5, 5.41) is 0. The molecule has 0 radical (unpaired) electrons. The highest BCUT2D eigenvalue weighted by atomic mass is 19.4. The van der Waals surface area contributed by atoms with Crippen molar-refractivity contribution in [2.45, 2.75) is 59.8 Å². The van der Waals surface area contributed by atoms with E-state index in [0.717, 1.165) is 0 Å². The van der Waals surface area contributed by atoms with Crippen molar-refractivity contribution in [1.82, 2.24) is 0 Å². The molecule has 1 saturated heterocycles. The van der Waals surface area contributed by atoms with Gasteiger partial charge in [0.1, 0.15) is 0 Å². The Kier molecular flexibility index (Phi) is 5.89. The highest BCUT2D eigenvalue weighted by molar-refractivity contribution is 5.25. The van der Waals surface area contributed by atoms with Crippen molar-refractivity contribution in [2.75, 3.05) is 7.11 Å². The summed E-state index contributed by atoms with van der Waals surface area (Å²) in [7, 11) is -0.862. The number of hydrogen-bond acceptors (Lipinski definition) is 2. The van der Waals surface area contributed by atoms with E-state index in [0.29, 0.717) is 0 Å². The van der Waals surface area contributed by atoms with E-state index in [4.69, 9.17) is 0 Å². The normalized spacial score (nSPS) is 28.2. The van der Waals surface area contributed by atoms with Gasteiger partial charge in [0.25, 0.3) is 5.79 Å². The van der Waals surface area contributed by atoms with Gasteiger partial charge in [-0.15, -0.1) is 0 Å². The van der Waals surface area contributed by atoms with Crippen LogP contribution >= 0.6 is 0 Å². The molecule has 20 heteroatoms. The van der Waals surface area contributed by atoms with Crippen LogP contribution in [0.4, 0.5) is 79.0 Å². The van der Waals surface area contributed by atoms with Crippen molar-refractivity contribution in [1.29, 1.82) is 0 Å². The second-order valence-corrected chi connectivity index (χ2v) is 5.88. The zero-order chi connectivity index (χ0) is 25.5. The zero-order valence-corrected chi connectivity index (χ0v) is 13.7. The average molecular weight is 510 g/mol. The standard InChI is InChI=1S/C11H4F18O2/c1-30-7(5(15,10(24,25)26)11(27,28)29)6(16,17)4(13,14)2(31-7)3(12,8(18,19)20)9(21,22)23/h2H,1H3. The molecule has 0 aliphatic carbocycles. The number of alkyl halides is 18. The quantitative estimate of drug-likeness (QED) is 0.457. The third-order valence-corrected chi connectivity index (χ3v) is 4.15. The van der Waals surface area contributed by atoms with Gasteiger partial charge >= 0.3 is 47.9 Å². The lowest BCUT2D eigenvalue weighted by molar-refractivity contribution is -0.470. The predicted octanol–water partition coefficient (Wildman–Crippen LogP) is 5.66. The molecule has 1 aliphatic heterocycles. The molecule has 0 amide bonds. The minimum absolute atomic E-state index is 0.862. The summed E-state index contributed by atoms with van der Waals surface area (Å²) in [6.45, 7) is 0. The second-order valence-electron chi connectivity index (χ2n) is 5.88. The minimum atomic E-state index is -7.89. The van der Waals surface area contributed by atoms with E-state index < -0.39 is 66.9 Å². The summed E-state index contributed by atoms with van der Waals surface area (Å²) in [6.07, 6.45) is -37.4. The Labute approximate surface area is 157 Å². The SMILES string of the molecule is COC1(C(F)(C(F)(F)F)C(F)(F)F)OC(C(F)(C(F)(F)F)C(F)(F)F)C(F)(F)C1(F)F. The van der Waals surface area contributed by atoms with Crippen LogP contribution in [0.25, 0.3) is 0 Å². The molecule has 1 fully saturated rings. The Bertz CT molecular complexity index is 655. The van der Waals surface area contributed by atoms with E-state index >= 15 is 0 Å². The Morgan fingerprint density at radius 2 is 0.935 bits per heavy atom. The summed E-state index contributed by atoms with van der Waals surface area (Å²) in [6, 6.07) is 0. The monoisotopic (exact) mass is 510 g/mol. The Morgan fingerprint density at radius 1 is 0.613 bits per heavy atom. The molecule has 0 saturated carbocycles. The lowest BCUT2D eigenvalue weighted by Crippen LogP contribution is -2.75. The average Bonchev–Trinajstić information content (AvgIpc) is 2.65. The molecule has 1 rings (SSSR count). The van der Waals surface area contributed by atoms with Crippen LogP contribution in [-0.4, -0.2) is 66.9 Å². The van der Waals surface area contributed by atoms with Gasteiger partial charge in [0, 0.05) is 7.11 Å². The Morgan fingerprint density at radius 3 is 1.16 bits per heavy atom. The summed E-state index contributed by atoms with van der Waals surface area (Å²) in [5.41, 5.74) is -15.6. The van der Waals surface area contributed by atoms with Crippen molar-refractivity contribution in [3.8, 4) is 0 Å². The van der Waals surface area contributed by atoms with Gasteiger partial charge in [-0.2, -0.15) is 70.2 Å². The molecule has 2 atom stereocenters. The zero-order valence-electron chi connectivity index (χ0n) is 13.7. The molecule has 1 aliphatic rings. The van der Waals surface area contributed by atoms with Crippen LogP contribution in [0, 0.1) is 0 Å². The maximum absolute atomic E-state index is 14.2. The predicted molar refractivity (Wildman–Crippen MR) is 56.4 cm³/mol. The van der Waals surface area contributed by atoms with E-state index in [1.165, 1.54) is 0 Å². The van der Waals surface area contributed by atoms with E-state index in [1.54, 1.807) is 0 Å². The van der Waals surface area contributed by atoms with Crippen LogP contribution in [0.5, 0.6) is 0 Å². The summed E-state index contributed by atoms with van der Waals surface area (Å²) in [4.78, 5) is 0. The van der Waals surface area contributed by atoms with Gasteiger partial charge < -0.3 is 9.47 Å². The van der Waals surface area contributed by atoms with Crippen LogP contribution in [0.15, 0.2) is 0 Å². The number of ether oxygens (including phenoxy) is 2. The molecular formula is C11H4F18O2. The van der Waals surface area contributed by atoms with E-state index in [-0.39, 0.29) is 0 Å². The Balaban J connectivity index is 4.13. The largest absolute Gasteiger partial charge is 0.437 e. The summed E-state index contributed by atoms with van der Waals surface area (Å²) >= 11 is 0. The molecule has 2 unspecified atom stereocenters. The number of methoxy groups -OCH3 is 1. The molecule has 0 N–H and O–H groups in total. The van der Waals surface area contributed by atoms with Crippen LogP contribution in [0.2, 0.25) is 0 Å². The van der Waals surface area contributed by atoms with Crippen LogP contribution in [-0.2, 0) is 9.47 Å². The molecule has 0 aromatic carbocycles. The lowest BCUT2D eigenvalue weighted by atomic mass is 9.84. The number of hydrogen-bond donors (Lipinski definition) is 0. The Hall–Kier alpha value is -1.34. The third kappa shape index (κ3) is 3.05. The smallest absolute Gasteiger partial charge is 0.345 e. The first kappa shape index (κ1) is 27.7. The second kappa shape index (κ2) is 6.60. The van der Waals surface area contributed by atoms with Crippen molar-refractivity contribution in [3.05, 3.63) is 0 Å². The summed E-state index contributed by atoms with van der Waals surface area (Å²) in [5.74, 6) is -22.1. The minimum Gasteiger partial charge on any atom is -0.345 e. The van der Waals surface area contributed by atoms with Crippen molar-refractivity contribution in [3.63, 3.8) is 0 Å². The summed E-state index contributed by atoms with van der Waals surface area (Å²) < 4.78 is 242. The first-order chi connectivity index (χ1) is 13.1. The van der Waals surface area contributed by atoms with Crippen molar-refractivity contribution < 1.29 is 88.5 Å². The first-order valence-corrected chi connectivity index (χ1v) is 6.78. The maximum atomic E-state index is 14.2. The van der Waals surface area contributed by atoms with Crippen molar-refractivity contribution in [2.24, 2.45) is 0 Å². The molecule has 0 bridgehead atoms. The third-order valence-electron chi connectivity index (χ3n) is 4.15. The van der Waals surface area contributed by atoms with Gasteiger partial charge in [-0.25, -0.2) is 8.78 Å². The lowest BCUT2D eigenvalue weighted by Gasteiger charge is -2.44. The van der Waals surface area contributed by atoms with E-state index in [2.05, 4.69) is 9.47 Å². The van der Waals surface area contributed by atoms with Gasteiger partial charge in [-0.05, 0) is 0 Å². The van der Waals surface area contributed by atoms with Gasteiger partial charge in [0.15, 0.2) is 6.10 Å². The molecule has 2 nitrogen and oxygen atoms in total. The van der Waals surface area contributed by atoms with Gasteiger partial charge in [0.2, 0.25) is 0 Å². The van der Waals surface area contributed by atoms with Gasteiger partial charge in [-0.3, -0.25) is 0 Å². The van der Waals surface area contributed by atoms with Gasteiger partial charge in [0.05, 0.1) is 0 Å². The molecule has 186 valence electrons. The first-order valence-electron chi connectivity index (χ1n) is 6.78. The van der Waals surface area contributed by atoms with Crippen molar-refractivity contribution >= 4 is 0 Å². The fourth-order valence-corrected chi connectivity index (χ4v) is 2.64. The highest BCUT2D eigenvalue weighted by Crippen LogP contribution is 2.69. The van der Waals surface area contributed by atoms with E-state index in [9.17, 15) is 79.0 Å². The molecule has 31 heavy (non-hydrogen) atoms. The highest BCUT2D eigenvalue weighted by Gasteiger charge is 3.00. The molecule has 1 heterocycles. The fraction of sp³-hybridized carbons (Fsp3) is 1.00. The molecule has 0 aromatic heterocycles. The molecular weight excluding hydrogens is 506 g/mol.